The number of ether oxygens (including phenoxy) is 2. The van der Waals surface area contributed by atoms with Crippen LogP contribution in [-0.4, -0.2) is 29.3 Å². The number of hydrogen-bond donors (Lipinski definition) is 2. The molecule has 8 heteroatoms. The van der Waals surface area contributed by atoms with E-state index in [9.17, 15) is 4.79 Å². The van der Waals surface area contributed by atoms with Crippen LogP contribution in [0.2, 0.25) is 5.02 Å². The van der Waals surface area contributed by atoms with Gasteiger partial charge in [-0.3, -0.25) is 9.89 Å². The Bertz CT molecular complexity index is 973. The second-order valence-electron chi connectivity index (χ2n) is 5.59. The first-order chi connectivity index (χ1) is 12.1. The Morgan fingerprint density at radius 3 is 2.88 bits per heavy atom. The Morgan fingerprint density at radius 2 is 2.04 bits per heavy atom. The summed E-state index contributed by atoms with van der Waals surface area (Å²) < 4.78 is 11.8. The van der Waals surface area contributed by atoms with Crippen LogP contribution in [0, 0.1) is 0 Å². The molecule has 6 nitrogen and oxygen atoms in total. The summed E-state index contributed by atoms with van der Waals surface area (Å²) in [5.41, 5.74) is 1.59. The number of carbonyl (C=O) groups is 1. The van der Waals surface area contributed by atoms with Crippen LogP contribution in [0.3, 0.4) is 0 Å². The Balaban J connectivity index is 1.52. The summed E-state index contributed by atoms with van der Waals surface area (Å²) in [5.74, 6) is 1.67. The SMILES string of the molecule is O=C(Cc1ccc2c(c1)OCCO2)Nc1n[nH]c2cc(Cl)c(Br)cc12. The number of fused-ring (bicyclic) bond motifs is 2. The zero-order valence-corrected chi connectivity index (χ0v) is 15.3. The largest absolute Gasteiger partial charge is 0.486 e. The predicted octanol–water partition coefficient (Wildman–Crippen LogP) is 3.93. The lowest BCUT2D eigenvalue weighted by atomic mass is 10.1. The molecule has 3 aromatic rings. The zero-order chi connectivity index (χ0) is 17.4. The van der Waals surface area contributed by atoms with Crippen LogP contribution in [-0.2, 0) is 11.2 Å². The first kappa shape index (κ1) is 16.2. The van der Waals surface area contributed by atoms with Gasteiger partial charge in [-0.15, -0.1) is 0 Å². The molecule has 0 radical (unpaired) electrons. The second kappa shape index (κ2) is 6.57. The highest BCUT2D eigenvalue weighted by molar-refractivity contribution is 9.10. The molecule has 2 N–H and O–H groups in total. The Morgan fingerprint density at radius 1 is 1.24 bits per heavy atom. The average molecular weight is 423 g/mol. The highest BCUT2D eigenvalue weighted by Gasteiger charge is 2.15. The van der Waals surface area contributed by atoms with E-state index in [1.807, 2.05) is 24.3 Å². The minimum absolute atomic E-state index is 0.170. The van der Waals surface area contributed by atoms with Crippen molar-refractivity contribution in [1.29, 1.82) is 0 Å². The molecule has 0 bridgehead atoms. The number of aromatic amines is 1. The lowest BCUT2D eigenvalue weighted by Gasteiger charge is -2.18. The number of hydrogen-bond acceptors (Lipinski definition) is 4. The van der Waals surface area contributed by atoms with E-state index in [2.05, 4.69) is 31.4 Å². The van der Waals surface area contributed by atoms with E-state index in [-0.39, 0.29) is 12.3 Å². The van der Waals surface area contributed by atoms with Crippen molar-refractivity contribution < 1.29 is 14.3 Å². The van der Waals surface area contributed by atoms with Crippen molar-refractivity contribution in [2.45, 2.75) is 6.42 Å². The molecule has 0 unspecified atom stereocenters. The maximum Gasteiger partial charge on any atom is 0.230 e. The van der Waals surface area contributed by atoms with Gasteiger partial charge in [0.25, 0.3) is 0 Å². The number of amides is 1. The number of anilines is 1. The Labute approximate surface area is 156 Å². The summed E-state index contributed by atoms with van der Waals surface area (Å²) >= 11 is 9.44. The molecule has 1 aliphatic heterocycles. The van der Waals surface area contributed by atoms with E-state index in [0.29, 0.717) is 35.6 Å². The predicted molar refractivity (Wildman–Crippen MR) is 98.6 cm³/mol. The van der Waals surface area contributed by atoms with Crippen LogP contribution < -0.4 is 14.8 Å². The minimum Gasteiger partial charge on any atom is -0.486 e. The second-order valence-corrected chi connectivity index (χ2v) is 6.85. The number of carbonyl (C=O) groups excluding carboxylic acids is 1. The van der Waals surface area contributed by atoms with Crippen LogP contribution >= 0.6 is 27.5 Å². The van der Waals surface area contributed by atoms with E-state index >= 15 is 0 Å². The first-order valence-corrected chi connectivity index (χ1v) is 8.79. The number of benzene rings is 2. The van der Waals surface area contributed by atoms with E-state index in [4.69, 9.17) is 21.1 Å². The van der Waals surface area contributed by atoms with E-state index < -0.39 is 0 Å². The Hall–Kier alpha value is -2.25. The summed E-state index contributed by atoms with van der Waals surface area (Å²) in [6.07, 6.45) is 0.208. The molecule has 0 fully saturated rings. The van der Waals surface area contributed by atoms with Crippen LogP contribution in [0.5, 0.6) is 11.5 Å². The summed E-state index contributed by atoms with van der Waals surface area (Å²) in [5, 5.41) is 11.2. The van der Waals surface area contributed by atoms with Gasteiger partial charge in [0.15, 0.2) is 17.3 Å². The molecule has 0 saturated carbocycles. The van der Waals surface area contributed by atoms with Crippen LogP contribution in [0.1, 0.15) is 5.56 Å². The van der Waals surface area contributed by atoms with Gasteiger partial charge in [-0.2, -0.15) is 5.10 Å². The third-order valence-corrected chi connectivity index (χ3v) is 5.03. The molecule has 0 aliphatic carbocycles. The van der Waals surface area contributed by atoms with Gasteiger partial charge in [0.1, 0.15) is 13.2 Å². The quantitative estimate of drug-likeness (QED) is 0.670. The van der Waals surface area contributed by atoms with Crippen molar-refractivity contribution in [2.24, 2.45) is 0 Å². The summed E-state index contributed by atoms with van der Waals surface area (Å²) in [6, 6.07) is 9.07. The van der Waals surface area contributed by atoms with Gasteiger partial charge in [-0.25, -0.2) is 0 Å². The maximum absolute atomic E-state index is 12.4. The number of rotatable bonds is 3. The third-order valence-electron chi connectivity index (χ3n) is 3.83. The fourth-order valence-corrected chi connectivity index (χ4v) is 3.17. The number of H-pyrrole nitrogens is 1. The number of halogens is 2. The lowest BCUT2D eigenvalue weighted by Crippen LogP contribution is -2.17. The number of nitrogens with zero attached hydrogens (tertiary/aromatic N) is 1. The fraction of sp³-hybridized carbons (Fsp3) is 0.176. The smallest absolute Gasteiger partial charge is 0.230 e. The molecule has 1 amide bonds. The highest BCUT2D eigenvalue weighted by atomic mass is 79.9. The third kappa shape index (κ3) is 3.29. The van der Waals surface area contributed by atoms with Gasteiger partial charge in [-0.1, -0.05) is 17.7 Å². The van der Waals surface area contributed by atoms with Gasteiger partial charge in [0, 0.05) is 9.86 Å². The van der Waals surface area contributed by atoms with E-state index in [0.717, 1.165) is 20.9 Å². The summed E-state index contributed by atoms with van der Waals surface area (Å²) in [6.45, 7) is 1.05. The number of aromatic nitrogens is 2. The van der Waals surface area contributed by atoms with E-state index in [1.54, 1.807) is 6.07 Å². The van der Waals surface area contributed by atoms with Gasteiger partial charge in [0.05, 0.1) is 17.0 Å². The van der Waals surface area contributed by atoms with Crippen LogP contribution in [0.25, 0.3) is 10.9 Å². The molecular formula is C17H13BrClN3O3. The molecule has 0 atom stereocenters. The van der Waals surface area contributed by atoms with Gasteiger partial charge >= 0.3 is 0 Å². The molecule has 4 rings (SSSR count). The Kier molecular flexibility index (Phi) is 4.27. The molecule has 1 aromatic heterocycles. The molecule has 0 saturated heterocycles. The van der Waals surface area contributed by atoms with Gasteiger partial charge in [0.2, 0.25) is 5.91 Å². The molecule has 0 spiro atoms. The van der Waals surface area contributed by atoms with Crippen molar-refractivity contribution in [3.63, 3.8) is 0 Å². The first-order valence-electron chi connectivity index (χ1n) is 7.61. The van der Waals surface area contributed by atoms with Crippen LogP contribution in [0.4, 0.5) is 5.82 Å². The van der Waals surface area contributed by atoms with Gasteiger partial charge in [-0.05, 0) is 45.8 Å². The van der Waals surface area contributed by atoms with E-state index in [1.165, 1.54) is 0 Å². The summed E-state index contributed by atoms with van der Waals surface area (Å²) in [7, 11) is 0. The zero-order valence-electron chi connectivity index (χ0n) is 12.9. The number of nitrogens with one attached hydrogen (secondary N) is 2. The van der Waals surface area contributed by atoms with Crippen molar-refractivity contribution in [3.8, 4) is 11.5 Å². The standard InChI is InChI=1S/C17H13BrClN3O3/c18-11-7-10-13(8-12(11)19)21-22-17(10)20-16(23)6-9-1-2-14-15(5-9)25-4-3-24-14/h1-2,5,7-8H,3-4,6H2,(H2,20,21,22,23). The molecular weight excluding hydrogens is 410 g/mol. The van der Waals surface area contributed by atoms with Crippen molar-refractivity contribution in [3.05, 3.63) is 45.4 Å². The van der Waals surface area contributed by atoms with Crippen molar-refractivity contribution >= 4 is 50.2 Å². The molecule has 2 aromatic carbocycles. The topological polar surface area (TPSA) is 76.2 Å². The minimum atomic E-state index is -0.170. The normalized spacial score (nSPS) is 13.0. The summed E-state index contributed by atoms with van der Waals surface area (Å²) in [4.78, 5) is 12.4. The van der Waals surface area contributed by atoms with Crippen LogP contribution in [0.15, 0.2) is 34.8 Å². The average Bonchev–Trinajstić information content (AvgIpc) is 2.97. The van der Waals surface area contributed by atoms with Crippen molar-refractivity contribution in [1.82, 2.24) is 10.2 Å². The molecule has 25 heavy (non-hydrogen) atoms. The molecule has 2 heterocycles. The fourth-order valence-electron chi connectivity index (χ4n) is 2.67. The van der Waals surface area contributed by atoms with Crippen molar-refractivity contribution in [2.75, 3.05) is 18.5 Å². The monoisotopic (exact) mass is 421 g/mol. The molecule has 1 aliphatic rings. The maximum atomic E-state index is 12.4. The van der Waals surface area contributed by atoms with Gasteiger partial charge < -0.3 is 14.8 Å². The lowest BCUT2D eigenvalue weighted by molar-refractivity contribution is -0.115. The molecule has 128 valence electrons. The highest BCUT2D eigenvalue weighted by Crippen LogP contribution is 2.32.